The van der Waals surface area contributed by atoms with Gasteiger partial charge in [0.25, 0.3) is 0 Å². The highest BCUT2D eigenvalue weighted by Crippen LogP contribution is 2.14. The van der Waals surface area contributed by atoms with Crippen molar-refractivity contribution in [3.63, 3.8) is 0 Å². The van der Waals surface area contributed by atoms with E-state index in [1.165, 1.54) is 25.2 Å². The highest BCUT2D eigenvalue weighted by Gasteiger charge is 2.30. The van der Waals surface area contributed by atoms with Gasteiger partial charge in [-0.2, -0.15) is 0 Å². The molecule has 0 aliphatic rings. The maximum atomic E-state index is 10.8. The molecular formula is C9H10N3O3S2. The third kappa shape index (κ3) is 3.46. The number of carboxylic acid groups (broad SMARTS) is 1. The summed E-state index contributed by atoms with van der Waals surface area (Å²) in [5.41, 5.74) is 4.56. The van der Waals surface area contributed by atoms with Gasteiger partial charge in [-0.1, -0.05) is 17.4 Å². The fourth-order valence-corrected chi connectivity index (χ4v) is 1.40. The van der Waals surface area contributed by atoms with Gasteiger partial charge in [-0.25, -0.2) is 9.78 Å². The number of aromatic nitrogens is 1. The third-order valence-electron chi connectivity index (χ3n) is 1.74. The molecule has 1 rings (SSSR count). The Morgan fingerprint density at radius 3 is 2.82 bits per heavy atom. The molecule has 0 bridgehead atoms. The lowest BCUT2D eigenvalue weighted by atomic mass is 10.1. The van der Waals surface area contributed by atoms with Crippen LogP contribution >= 0.6 is 23.6 Å². The minimum atomic E-state index is -1.45. The van der Waals surface area contributed by atoms with Gasteiger partial charge in [-0.3, -0.25) is 0 Å². The maximum Gasteiger partial charge on any atom is 0.350 e. The molecule has 6 nitrogen and oxygen atoms in total. The topological polar surface area (TPSA) is 97.8 Å². The summed E-state index contributed by atoms with van der Waals surface area (Å²) in [7, 11) is 0. The molecule has 0 unspecified atom stereocenters. The third-order valence-corrected chi connectivity index (χ3v) is 2.61. The maximum absolute atomic E-state index is 10.8. The van der Waals surface area contributed by atoms with Crippen LogP contribution in [-0.4, -0.2) is 32.7 Å². The second kappa shape index (κ2) is 5.19. The van der Waals surface area contributed by atoms with Gasteiger partial charge in [-0.15, -0.1) is 11.3 Å². The van der Waals surface area contributed by atoms with Gasteiger partial charge >= 0.3 is 5.97 Å². The predicted molar refractivity (Wildman–Crippen MR) is 68.5 cm³/mol. The average molecular weight is 272 g/mol. The van der Waals surface area contributed by atoms with Gasteiger partial charge < -0.3 is 15.7 Å². The van der Waals surface area contributed by atoms with Crippen LogP contribution in [0.1, 0.15) is 19.5 Å². The Morgan fingerprint density at radius 1 is 1.76 bits per heavy atom. The van der Waals surface area contributed by atoms with Crippen LogP contribution in [-0.2, 0) is 9.63 Å². The number of carbonyl (C=O) groups is 1. The van der Waals surface area contributed by atoms with E-state index >= 15 is 0 Å². The van der Waals surface area contributed by atoms with Crippen molar-refractivity contribution in [2.75, 3.05) is 5.73 Å². The highest BCUT2D eigenvalue weighted by atomic mass is 32.1. The van der Waals surface area contributed by atoms with E-state index in [-0.39, 0.29) is 5.71 Å². The highest BCUT2D eigenvalue weighted by molar-refractivity contribution is 7.80. The van der Waals surface area contributed by atoms with Gasteiger partial charge in [0, 0.05) is 5.38 Å². The molecule has 0 atom stereocenters. The van der Waals surface area contributed by atoms with Crippen molar-refractivity contribution in [1.29, 1.82) is 0 Å². The molecule has 0 aliphatic heterocycles. The number of hydrogen-bond acceptors (Lipinski definition) is 7. The molecule has 1 aromatic heterocycles. The first-order valence-corrected chi connectivity index (χ1v) is 5.74. The number of nitrogens with two attached hydrogens (primary N) is 1. The standard InChI is InChI=1S/C9H10N3O3S2/c1-9(2,7(13)14)15-12-5(3-16)6-4-17-8(10)11-6/h4H,1-2H3,(H2,10,11)(H,13,14)/b12-5+. The fraction of sp³-hybridized carbons (Fsp3) is 0.333. The number of oxime groups is 1. The number of carboxylic acids is 1. The summed E-state index contributed by atoms with van der Waals surface area (Å²) < 4.78 is 0. The molecule has 0 spiro atoms. The number of rotatable bonds is 5. The number of nitrogens with zero attached hydrogens (tertiary/aromatic N) is 2. The molecule has 1 aromatic rings. The summed E-state index contributed by atoms with van der Waals surface area (Å²) >= 11 is 5.85. The Balaban J connectivity index is 2.89. The van der Waals surface area contributed by atoms with Gasteiger partial charge in [0.1, 0.15) is 11.4 Å². The van der Waals surface area contributed by atoms with Crippen LogP contribution < -0.4 is 5.73 Å². The normalized spacial score (nSPS) is 12.2. The zero-order valence-corrected chi connectivity index (χ0v) is 10.8. The summed E-state index contributed by atoms with van der Waals surface area (Å²) in [5, 5.41) is 16.8. The largest absolute Gasteiger partial charge is 0.478 e. The van der Waals surface area contributed by atoms with E-state index in [1.54, 1.807) is 5.38 Å². The Morgan fingerprint density at radius 2 is 2.41 bits per heavy atom. The minimum absolute atomic E-state index is 0.141. The van der Waals surface area contributed by atoms with Crippen LogP contribution in [0.15, 0.2) is 10.5 Å². The van der Waals surface area contributed by atoms with Crippen LogP contribution in [0.4, 0.5) is 5.13 Å². The number of thiazole rings is 1. The Bertz CT molecular complexity index is 468. The summed E-state index contributed by atoms with van der Waals surface area (Å²) in [6, 6.07) is 0. The van der Waals surface area contributed by atoms with Crippen molar-refractivity contribution in [2.45, 2.75) is 19.4 Å². The van der Waals surface area contributed by atoms with Crippen molar-refractivity contribution in [3.8, 4) is 0 Å². The minimum Gasteiger partial charge on any atom is -0.478 e. The zero-order chi connectivity index (χ0) is 13.1. The summed E-state index contributed by atoms with van der Waals surface area (Å²) in [6.07, 6.45) is 0. The van der Waals surface area contributed by atoms with Gasteiger partial charge in [0.05, 0.1) is 5.37 Å². The Hall–Kier alpha value is -1.54. The summed E-state index contributed by atoms with van der Waals surface area (Å²) in [6.45, 7) is 2.74. The molecule has 91 valence electrons. The van der Waals surface area contributed by atoms with E-state index in [0.29, 0.717) is 10.8 Å². The van der Waals surface area contributed by atoms with Crippen molar-refractivity contribution in [2.24, 2.45) is 5.16 Å². The molecule has 0 aromatic carbocycles. The van der Waals surface area contributed by atoms with Gasteiger partial charge in [0.2, 0.25) is 5.60 Å². The first-order chi connectivity index (χ1) is 7.86. The quantitative estimate of drug-likeness (QED) is 0.474. The lowest BCUT2D eigenvalue weighted by Gasteiger charge is -2.16. The van der Waals surface area contributed by atoms with Crippen LogP contribution in [0.25, 0.3) is 0 Å². The van der Waals surface area contributed by atoms with E-state index in [1.807, 2.05) is 0 Å². The first kappa shape index (κ1) is 13.5. The monoisotopic (exact) mass is 272 g/mol. The summed E-state index contributed by atoms with van der Waals surface area (Å²) in [5.74, 6) is -1.14. The molecule has 0 aliphatic carbocycles. The second-order valence-corrected chi connectivity index (χ2v) is 4.61. The number of aliphatic carboxylic acids is 1. The SMILES string of the molecule is CC(C)(O/N=C(\[C]=S)c1csc(N)n1)C(=O)O. The first-order valence-electron chi connectivity index (χ1n) is 4.46. The molecule has 0 fully saturated rings. The molecular weight excluding hydrogens is 262 g/mol. The second-order valence-electron chi connectivity index (χ2n) is 3.52. The van der Waals surface area contributed by atoms with Crippen LogP contribution in [0.2, 0.25) is 0 Å². The van der Waals surface area contributed by atoms with E-state index in [0.717, 1.165) is 0 Å². The van der Waals surface area contributed by atoms with Crippen LogP contribution in [0.5, 0.6) is 0 Å². The number of nitrogen functional groups attached to an aromatic ring is 1. The number of anilines is 1. The molecule has 0 amide bonds. The molecule has 0 saturated carbocycles. The Kier molecular flexibility index (Phi) is 4.13. The Labute approximate surface area is 107 Å². The molecule has 1 heterocycles. The van der Waals surface area contributed by atoms with Crippen molar-refractivity contribution in [1.82, 2.24) is 4.98 Å². The number of hydrogen-bond donors (Lipinski definition) is 2. The predicted octanol–water partition coefficient (Wildman–Crippen LogP) is 1.19. The molecule has 1 radical (unpaired) electrons. The van der Waals surface area contributed by atoms with Crippen molar-refractivity contribution < 1.29 is 14.7 Å². The van der Waals surface area contributed by atoms with E-state index in [2.05, 4.69) is 27.7 Å². The van der Waals surface area contributed by atoms with Crippen molar-refractivity contribution in [3.05, 3.63) is 11.1 Å². The van der Waals surface area contributed by atoms with Crippen molar-refractivity contribution >= 4 is 45.7 Å². The molecule has 3 N–H and O–H groups in total. The van der Waals surface area contributed by atoms with E-state index < -0.39 is 11.6 Å². The molecule has 17 heavy (non-hydrogen) atoms. The van der Waals surface area contributed by atoms with Crippen LogP contribution in [0, 0.1) is 0 Å². The molecule has 8 heteroatoms. The molecule has 0 saturated heterocycles. The fourth-order valence-electron chi connectivity index (χ4n) is 0.713. The van der Waals surface area contributed by atoms with E-state index in [9.17, 15) is 4.79 Å². The lowest BCUT2D eigenvalue weighted by molar-refractivity contribution is -0.161. The van der Waals surface area contributed by atoms with Gasteiger partial charge in [0.15, 0.2) is 5.13 Å². The number of thiocarbonyl (C=S) groups is 1. The zero-order valence-electron chi connectivity index (χ0n) is 9.13. The average Bonchev–Trinajstić information content (AvgIpc) is 2.65. The summed E-state index contributed by atoms with van der Waals surface area (Å²) in [4.78, 5) is 19.6. The van der Waals surface area contributed by atoms with Crippen LogP contribution in [0.3, 0.4) is 0 Å². The smallest absolute Gasteiger partial charge is 0.350 e. The van der Waals surface area contributed by atoms with E-state index in [4.69, 9.17) is 15.7 Å². The lowest BCUT2D eigenvalue weighted by Crippen LogP contribution is -2.33. The van der Waals surface area contributed by atoms with Gasteiger partial charge in [-0.05, 0) is 13.8 Å².